The van der Waals surface area contributed by atoms with Crippen molar-refractivity contribution in [1.29, 1.82) is 0 Å². The maximum Gasteiger partial charge on any atom is 0.255 e. The number of hydrogen-bond donors (Lipinski definition) is 1. The Labute approximate surface area is 131 Å². The minimum absolute atomic E-state index is 0.00115. The van der Waals surface area contributed by atoms with E-state index in [1.165, 1.54) is 0 Å². The van der Waals surface area contributed by atoms with E-state index in [9.17, 15) is 4.79 Å². The number of nitrogens with one attached hydrogen (secondary N) is 1. The Morgan fingerprint density at radius 1 is 1.48 bits per heavy atom. The first-order valence-electron chi connectivity index (χ1n) is 7.38. The molecule has 1 fully saturated rings. The van der Waals surface area contributed by atoms with Gasteiger partial charge in [-0.3, -0.25) is 4.79 Å². The molecule has 1 aromatic rings. The summed E-state index contributed by atoms with van der Waals surface area (Å²) < 4.78 is 0. The van der Waals surface area contributed by atoms with Crippen LogP contribution in [0, 0.1) is 0 Å². The summed E-state index contributed by atoms with van der Waals surface area (Å²) in [6, 6.07) is 2.30. The SMILES string of the molecule is CCNc1cc(C(=O)N2CCC(N(C)C)CC2)c(Cl)cn1. The molecule has 6 heteroatoms. The zero-order valence-corrected chi connectivity index (χ0v) is 13.7. The largest absolute Gasteiger partial charge is 0.370 e. The van der Waals surface area contributed by atoms with Gasteiger partial charge in [-0.25, -0.2) is 4.98 Å². The molecule has 116 valence electrons. The number of likely N-dealkylation sites (tertiary alicyclic amines) is 1. The first-order valence-corrected chi connectivity index (χ1v) is 7.75. The van der Waals surface area contributed by atoms with Gasteiger partial charge < -0.3 is 15.1 Å². The van der Waals surface area contributed by atoms with Gasteiger partial charge >= 0.3 is 0 Å². The molecule has 0 atom stereocenters. The molecule has 1 amide bonds. The van der Waals surface area contributed by atoms with Crippen LogP contribution in [0.15, 0.2) is 12.3 Å². The van der Waals surface area contributed by atoms with Crippen molar-refractivity contribution < 1.29 is 4.79 Å². The molecule has 1 aliphatic heterocycles. The quantitative estimate of drug-likeness (QED) is 0.927. The molecule has 0 saturated carbocycles. The van der Waals surface area contributed by atoms with Crippen LogP contribution in [0.4, 0.5) is 5.82 Å². The lowest BCUT2D eigenvalue weighted by atomic mass is 10.0. The molecule has 5 nitrogen and oxygen atoms in total. The molecule has 0 radical (unpaired) electrons. The highest BCUT2D eigenvalue weighted by Crippen LogP contribution is 2.22. The van der Waals surface area contributed by atoms with Crippen molar-refractivity contribution in [3.63, 3.8) is 0 Å². The number of rotatable bonds is 4. The minimum Gasteiger partial charge on any atom is -0.370 e. The van der Waals surface area contributed by atoms with Crippen LogP contribution in [0.1, 0.15) is 30.1 Å². The van der Waals surface area contributed by atoms with E-state index in [1.54, 1.807) is 12.3 Å². The summed E-state index contributed by atoms with van der Waals surface area (Å²) in [5, 5.41) is 3.52. The fraction of sp³-hybridized carbons (Fsp3) is 0.600. The molecule has 0 bridgehead atoms. The van der Waals surface area contributed by atoms with Crippen LogP contribution in [0.2, 0.25) is 5.02 Å². The van der Waals surface area contributed by atoms with Gasteiger partial charge in [-0.1, -0.05) is 11.6 Å². The Bertz CT molecular complexity index is 498. The number of carbonyl (C=O) groups is 1. The predicted molar refractivity (Wildman–Crippen MR) is 86.0 cm³/mol. The van der Waals surface area contributed by atoms with Gasteiger partial charge in [0.15, 0.2) is 0 Å². The van der Waals surface area contributed by atoms with Gasteiger partial charge in [-0.2, -0.15) is 0 Å². The van der Waals surface area contributed by atoms with E-state index < -0.39 is 0 Å². The van der Waals surface area contributed by atoms with Crippen molar-refractivity contribution in [2.75, 3.05) is 39.0 Å². The summed E-state index contributed by atoms with van der Waals surface area (Å²) in [6.07, 6.45) is 3.54. The molecule has 0 spiro atoms. The van der Waals surface area contributed by atoms with E-state index in [0.29, 0.717) is 22.4 Å². The fourth-order valence-electron chi connectivity index (χ4n) is 2.64. The molecule has 1 saturated heterocycles. The van der Waals surface area contributed by atoms with Crippen molar-refractivity contribution in [3.8, 4) is 0 Å². The Morgan fingerprint density at radius 3 is 2.71 bits per heavy atom. The number of aromatic nitrogens is 1. The van der Waals surface area contributed by atoms with Crippen molar-refractivity contribution in [2.24, 2.45) is 0 Å². The highest BCUT2D eigenvalue weighted by Gasteiger charge is 2.26. The number of anilines is 1. The molecule has 2 rings (SSSR count). The van der Waals surface area contributed by atoms with Crippen LogP contribution in [0.25, 0.3) is 0 Å². The lowest BCUT2D eigenvalue weighted by Crippen LogP contribution is -2.44. The molecule has 1 aromatic heterocycles. The van der Waals surface area contributed by atoms with Gasteiger partial charge in [0.1, 0.15) is 5.82 Å². The number of piperidine rings is 1. The summed E-state index contributed by atoms with van der Waals surface area (Å²) >= 11 is 6.14. The highest BCUT2D eigenvalue weighted by atomic mass is 35.5. The topological polar surface area (TPSA) is 48.5 Å². The van der Waals surface area contributed by atoms with E-state index in [0.717, 1.165) is 32.5 Å². The fourth-order valence-corrected chi connectivity index (χ4v) is 2.82. The third kappa shape index (κ3) is 3.86. The molecule has 1 aliphatic rings. The number of halogens is 1. The van der Waals surface area contributed by atoms with E-state index >= 15 is 0 Å². The van der Waals surface area contributed by atoms with E-state index in [4.69, 9.17) is 11.6 Å². The second-order valence-electron chi connectivity index (χ2n) is 5.57. The number of amides is 1. The number of carbonyl (C=O) groups excluding carboxylic acids is 1. The average Bonchev–Trinajstić information content (AvgIpc) is 2.49. The number of nitrogens with zero attached hydrogens (tertiary/aromatic N) is 3. The molecular weight excluding hydrogens is 288 g/mol. The zero-order chi connectivity index (χ0) is 15.4. The van der Waals surface area contributed by atoms with Crippen molar-refractivity contribution in [2.45, 2.75) is 25.8 Å². The average molecular weight is 311 g/mol. The number of pyridine rings is 1. The smallest absolute Gasteiger partial charge is 0.255 e. The van der Waals surface area contributed by atoms with E-state index in [1.807, 2.05) is 11.8 Å². The Morgan fingerprint density at radius 2 is 2.14 bits per heavy atom. The van der Waals surface area contributed by atoms with Gasteiger partial charge in [0, 0.05) is 31.9 Å². The maximum absolute atomic E-state index is 12.6. The second kappa shape index (κ2) is 7.09. The maximum atomic E-state index is 12.6. The third-order valence-electron chi connectivity index (χ3n) is 3.93. The van der Waals surface area contributed by atoms with Crippen molar-refractivity contribution in [1.82, 2.24) is 14.8 Å². The predicted octanol–water partition coefficient (Wildman–Crippen LogP) is 2.33. The first kappa shape index (κ1) is 16.0. The summed E-state index contributed by atoms with van der Waals surface area (Å²) in [5.41, 5.74) is 0.533. The number of hydrogen-bond acceptors (Lipinski definition) is 4. The molecule has 0 aliphatic carbocycles. The Balaban J connectivity index is 2.08. The van der Waals surface area contributed by atoms with Crippen LogP contribution in [0.3, 0.4) is 0 Å². The van der Waals surface area contributed by atoms with Crippen LogP contribution < -0.4 is 5.32 Å². The van der Waals surface area contributed by atoms with Gasteiger partial charge in [-0.15, -0.1) is 0 Å². The van der Waals surface area contributed by atoms with Crippen LogP contribution >= 0.6 is 11.6 Å². The standard InChI is InChI=1S/C15H23ClN4O/c1-4-17-14-9-12(13(16)10-18-14)15(21)20-7-5-11(6-8-20)19(2)3/h9-11H,4-8H2,1-3H3,(H,17,18). The van der Waals surface area contributed by atoms with E-state index in [2.05, 4.69) is 29.3 Å². The monoisotopic (exact) mass is 310 g/mol. The second-order valence-corrected chi connectivity index (χ2v) is 5.97. The lowest BCUT2D eigenvalue weighted by Gasteiger charge is -2.35. The first-order chi connectivity index (χ1) is 10.0. The van der Waals surface area contributed by atoms with Gasteiger partial charge in [0.2, 0.25) is 0 Å². The minimum atomic E-state index is -0.00115. The zero-order valence-electron chi connectivity index (χ0n) is 12.9. The summed E-state index contributed by atoms with van der Waals surface area (Å²) in [6.45, 7) is 4.30. The molecule has 1 N–H and O–H groups in total. The lowest BCUT2D eigenvalue weighted by molar-refractivity contribution is 0.0663. The summed E-state index contributed by atoms with van der Waals surface area (Å²) in [5.74, 6) is 0.687. The van der Waals surface area contributed by atoms with Gasteiger partial charge in [0.05, 0.1) is 10.6 Å². The van der Waals surface area contributed by atoms with Gasteiger partial charge in [-0.05, 0) is 39.9 Å². The Kier molecular flexibility index (Phi) is 5.42. The van der Waals surface area contributed by atoms with Gasteiger partial charge in [0.25, 0.3) is 5.91 Å². The molecule has 21 heavy (non-hydrogen) atoms. The molecular formula is C15H23ClN4O. The van der Waals surface area contributed by atoms with E-state index in [-0.39, 0.29) is 5.91 Å². The van der Waals surface area contributed by atoms with Crippen molar-refractivity contribution >= 4 is 23.3 Å². The van der Waals surface area contributed by atoms with Crippen LogP contribution in [0.5, 0.6) is 0 Å². The van der Waals surface area contributed by atoms with Crippen LogP contribution in [-0.4, -0.2) is 60.5 Å². The molecule has 0 unspecified atom stereocenters. The highest BCUT2D eigenvalue weighted by molar-refractivity contribution is 6.33. The van der Waals surface area contributed by atoms with Crippen molar-refractivity contribution in [3.05, 3.63) is 22.8 Å². The molecule has 0 aromatic carbocycles. The van der Waals surface area contributed by atoms with Crippen LogP contribution in [-0.2, 0) is 0 Å². The normalized spacial score (nSPS) is 16.3. The summed E-state index contributed by atoms with van der Waals surface area (Å²) in [4.78, 5) is 20.9. The summed E-state index contributed by atoms with van der Waals surface area (Å²) in [7, 11) is 4.18. The Hall–Kier alpha value is -1.33. The molecule has 2 heterocycles. The third-order valence-corrected chi connectivity index (χ3v) is 4.23.